The summed E-state index contributed by atoms with van der Waals surface area (Å²) in [6.07, 6.45) is 0.912. The number of carbonyl (C=O) groups is 2. The molecule has 1 unspecified atom stereocenters. The van der Waals surface area contributed by atoms with Gasteiger partial charge in [0.1, 0.15) is 11.3 Å². The topological polar surface area (TPSA) is 89.6 Å². The number of phenolic OH excluding ortho intramolecular Hbond substituents is 1. The molecule has 0 aliphatic carbocycles. The molecule has 0 bridgehead atoms. The van der Waals surface area contributed by atoms with Gasteiger partial charge < -0.3 is 15.6 Å². The molecule has 1 aromatic carbocycles. The van der Waals surface area contributed by atoms with Crippen LogP contribution in [0.5, 0.6) is 5.75 Å². The smallest absolute Gasteiger partial charge is 0.341 e. The number of carbonyl (C=O) groups excluding carboxylic acids is 2. The number of nitrogens with two attached hydrogens (primary N) is 1. The fourth-order valence-electron chi connectivity index (χ4n) is 1.48. The summed E-state index contributed by atoms with van der Waals surface area (Å²) in [4.78, 5) is 23.2. The number of ketones is 1. The maximum Gasteiger partial charge on any atom is 0.341 e. The highest BCUT2D eigenvalue weighted by atomic mass is 16.5. The molecule has 18 heavy (non-hydrogen) atoms. The third kappa shape index (κ3) is 3.30. The van der Waals surface area contributed by atoms with E-state index in [-0.39, 0.29) is 29.6 Å². The van der Waals surface area contributed by atoms with Crippen LogP contribution in [-0.4, -0.2) is 30.0 Å². The molecule has 0 radical (unpaired) electrons. The van der Waals surface area contributed by atoms with E-state index in [1.165, 1.54) is 25.3 Å². The second-order valence-corrected chi connectivity index (χ2v) is 4.02. The van der Waals surface area contributed by atoms with Crippen LogP contribution in [0.1, 0.15) is 40.5 Å². The molecule has 0 aliphatic rings. The number of Topliss-reactive ketones (excluding diaryl/α,β-unsaturated/α-hetero) is 1. The third-order valence-electron chi connectivity index (χ3n) is 2.70. The van der Waals surface area contributed by atoms with Crippen molar-refractivity contribution in [2.75, 3.05) is 7.11 Å². The average molecular weight is 251 g/mol. The molecule has 1 atom stereocenters. The van der Waals surface area contributed by atoms with Gasteiger partial charge in [-0.25, -0.2) is 4.79 Å². The van der Waals surface area contributed by atoms with Crippen LogP contribution in [0.25, 0.3) is 0 Å². The highest BCUT2D eigenvalue weighted by molar-refractivity contribution is 6.00. The Bertz CT molecular complexity index is 456. The zero-order valence-electron chi connectivity index (χ0n) is 10.5. The molecule has 0 aliphatic heterocycles. The van der Waals surface area contributed by atoms with E-state index in [1.807, 2.05) is 6.92 Å². The standard InChI is InChI=1S/C13H17NO4/c1-3-9(14)7-12(16)8-4-5-11(15)10(6-8)13(17)18-2/h4-6,9,15H,3,7,14H2,1-2H3. The van der Waals surface area contributed by atoms with Crippen molar-refractivity contribution >= 4 is 11.8 Å². The number of methoxy groups -OCH3 is 1. The Morgan fingerprint density at radius 1 is 1.44 bits per heavy atom. The van der Waals surface area contributed by atoms with Crippen molar-refractivity contribution < 1.29 is 19.4 Å². The second-order valence-electron chi connectivity index (χ2n) is 4.02. The van der Waals surface area contributed by atoms with Crippen molar-refractivity contribution in [3.05, 3.63) is 29.3 Å². The number of esters is 1. The molecule has 0 heterocycles. The van der Waals surface area contributed by atoms with Crippen LogP contribution in [0.2, 0.25) is 0 Å². The summed E-state index contributed by atoms with van der Waals surface area (Å²) >= 11 is 0. The SMILES string of the molecule is CCC(N)CC(=O)c1ccc(O)c(C(=O)OC)c1. The summed E-state index contributed by atoms with van der Waals surface area (Å²) in [7, 11) is 1.21. The van der Waals surface area contributed by atoms with Crippen molar-refractivity contribution in [1.29, 1.82) is 0 Å². The van der Waals surface area contributed by atoms with Crippen molar-refractivity contribution in [3.8, 4) is 5.75 Å². The van der Waals surface area contributed by atoms with E-state index in [0.717, 1.165) is 0 Å². The van der Waals surface area contributed by atoms with Crippen LogP contribution in [0.3, 0.4) is 0 Å². The molecule has 0 aromatic heterocycles. The van der Waals surface area contributed by atoms with Crippen molar-refractivity contribution in [2.24, 2.45) is 5.73 Å². The van der Waals surface area contributed by atoms with Gasteiger partial charge >= 0.3 is 5.97 Å². The van der Waals surface area contributed by atoms with Gasteiger partial charge in [-0.1, -0.05) is 6.92 Å². The zero-order valence-corrected chi connectivity index (χ0v) is 10.5. The Labute approximate surface area is 106 Å². The molecule has 0 spiro atoms. The monoisotopic (exact) mass is 251 g/mol. The predicted octanol–water partition coefficient (Wildman–Crippen LogP) is 1.49. The lowest BCUT2D eigenvalue weighted by Gasteiger charge is -2.09. The number of hydrogen-bond donors (Lipinski definition) is 2. The van der Waals surface area contributed by atoms with E-state index < -0.39 is 5.97 Å². The zero-order chi connectivity index (χ0) is 13.7. The summed E-state index contributed by atoms with van der Waals surface area (Å²) in [5.74, 6) is -1.05. The van der Waals surface area contributed by atoms with Crippen LogP contribution in [-0.2, 0) is 4.74 Å². The first-order chi connectivity index (χ1) is 8.49. The van der Waals surface area contributed by atoms with Crippen molar-refractivity contribution in [1.82, 2.24) is 0 Å². The Morgan fingerprint density at radius 3 is 2.67 bits per heavy atom. The maximum absolute atomic E-state index is 11.9. The van der Waals surface area contributed by atoms with Gasteiger partial charge in [0.2, 0.25) is 0 Å². The Balaban J connectivity index is 2.97. The molecule has 0 amide bonds. The molecule has 98 valence electrons. The summed E-state index contributed by atoms with van der Waals surface area (Å²) in [5.41, 5.74) is 6.03. The van der Waals surface area contributed by atoms with E-state index in [0.29, 0.717) is 12.0 Å². The molecule has 1 rings (SSSR count). The number of hydrogen-bond acceptors (Lipinski definition) is 5. The minimum Gasteiger partial charge on any atom is -0.507 e. The summed E-state index contributed by atoms with van der Waals surface area (Å²) in [6, 6.07) is 3.89. The predicted molar refractivity (Wildman–Crippen MR) is 66.7 cm³/mol. The van der Waals surface area contributed by atoms with E-state index in [1.54, 1.807) is 0 Å². The normalized spacial score (nSPS) is 11.9. The van der Waals surface area contributed by atoms with Gasteiger partial charge in [-0.15, -0.1) is 0 Å². The largest absolute Gasteiger partial charge is 0.507 e. The highest BCUT2D eigenvalue weighted by Gasteiger charge is 2.16. The molecular weight excluding hydrogens is 234 g/mol. The first-order valence-electron chi connectivity index (χ1n) is 5.69. The van der Waals surface area contributed by atoms with Crippen LogP contribution in [0.4, 0.5) is 0 Å². The first kappa shape index (κ1) is 14.2. The minimum absolute atomic E-state index is 0.0200. The number of benzene rings is 1. The lowest BCUT2D eigenvalue weighted by molar-refractivity contribution is 0.0597. The third-order valence-corrected chi connectivity index (χ3v) is 2.70. The van der Waals surface area contributed by atoms with Gasteiger partial charge in [0.25, 0.3) is 0 Å². The Hall–Kier alpha value is -1.88. The van der Waals surface area contributed by atoms with Gasteiger partial charge in [-0.3, -0.25) is 4.79 Å². The lowest BCUT2D eigenvalue weighted by atomic mass is 10.0. The van der Waals surface area contributed by atoms with Crippen LogP contribution < -0.4 is 5.73 Å². The molecule has 5 nitrogen and oxygen atoms in total. The molecule has 0 saturated carbocycles. The maximum atomic E-state index is 11.9. The number of phenols is 1. The van der Waals surface area contributed by atoms with Crippen molar-refractivity contribution in [2.45, 2.75) is 25.8 Å². The molecule has 0 fully saturated rings. The quantitative estimate of drug-likeness (QED) is 0.611. The summed E-state index contributed by atoms with van der Waals surface area (Å²) in [5, 5.41) is 9.51. The molecule has 0 saturated heterocycles. The number of ether oxygens (including phenoxy) is 1. The second kappa shape index (κ2) is 6.16. The van der Waals surface area contributed by atoms with Gasteiger partial charge in [0.05, 0.1) is 7.11 Å². The molecule has 3 N–H and O–H groups in total. The number of rotatable bonds is 5. The molecule has 5 heteroatoms. The van der Waals surface area contributed by atoms with Gasteiger partial charge in [-0.2, -0.15) is 0 Å². The van der Waals surface area contributed by atoms with Gasteiger partial charge in [-0.05, 0) is 24.6 Å². The van der Waals surface area contributed by atoms with Gasteiger partial charge in [0.15, 0.2) is 5.78 Å². The van der Waals surface area contributed by atoms with Crippen LogP contribution in [0, 0.1) is 0 Å². The summed E-state index contributed by atoms with van der Waals surface area (Å²) < 4.78 is 4.52. The van der Waals surface area contributed by atoms with E-state index >= 15 is 0 Å². The summed E-state index contributed by atoms with van der Waals surface area (Å²) in [6.45, 7) is 1.90. The molecule has 1 aromatic rings. The fourth-order valence-corrected chi connectivity index (χ4v) is 1.48. The van der Waals surface area contributed by atoms with Crippen LogP contribution >= 0.6 is 0 Å². The lowest BCUT2D eigenvalue weighted by Crippen LogP contribution is -2.22. The number of aromatic hydroxyl groups is 1. The van der Waals surface area contributed by atoms with Gasteiger partial charge in [0, 0.05) is 18.0 Å². The molecular formula is C13H17NO4. The first-order valence-corrected chi connectivity index (χ1v) is 5.69. The average Bonchev–Trinajstić information content (AvgIpc) is 2.38. The van der Waals surface area contributed by atoms with E-state index in [2.05, 4.69) is 4.74 Å². The van der Waals surface area contributed by atoms with Crippen molar-refractivity contribution in [3.63, 3.8) is 0 Å². The Morgan fingerprint density at radius 2 is 2.11 bits per heavy atom. The minimum atomic E-state index is -0.679. The van der Waals surface area contributed by atoms with E-state index in [4.69, 9.17) is 5.73 Å². The van der Waals surface area contributed by atoms with Crippen LogP contribution in [0.15, 0.2) is 18.2 Å². The Kier molecular flexibility index (Phi) is 4.85. The highest BCUT2D eigenvalue weighted by Crippen LogP contribution is 2.20. The fraction of sp³-hybridized carbons (Fsp3) is 0.385. The van der Waals surface area contributed by atoms with E-state index in [9.17, 15) is 14.7 Å².